The van der Waals surface area contributed by atoms with Crippen LogP contribution in [0, 0.1) is 0 Å². The number of hydrogen-bond donors (Lipinski definition) is 1. The highest BCUT2D eigenvalue weighted by atomic mass is 35.5. The second kappa shape index (κ2) is 5.51. The number of hydrogen-bond acceptors (Lipinski definition) is 3. The zero-order valence-electron chi connectivity index (χ0n) is 13.9. The fraction of sp³-hybridized carbons (Fsp3) is 0.158. The zero-order valence-corrected chi connectivity index (χ0v) is 14.7. The van der Waals surface area contributed by atoms with Crippen LogP contribution in [-0.4, -0.2) is 25.9 Å². The maximum atomic E-state index is 12.7. The number of aromatic nitrogens is 4. The molecule has 6 nitrogen and oxygen atoms in total. The lowest BCUT2D eigenvalue weighted by Crippen LogP contribution is -2.30. The van der Waals surface area contributed by atoms with Gasteiger partial charge < -0.3 is 9.72 Å². The first-order valence-electron chi connectivity index (χ1n) is 8.28. The van der Waals surface area contributed by atoms with Gasteiger partial charge in [0.25, 0.3) is 0 Å². The molecule has 7 heteroatoms. The quantitative estimate of drug-likeness (QED) is 0.591. The Hall–Kier alpha value is -2.99. The van der Waals surface area contributed by atoms with Crippen molar-refractivity contribution in [3.8, 4) is 17.0 Å². The molecule has 0 spiro atoms. The first-order chi connectivity index (χ1) is 12.6. The minimum atomic E-state index is -0.179. The molecule has 130 valence electrons. The van der Waals surface area contributed by atoms with Gasteiger partial charge in [0.05, 0.1) is 28.5 Å². The van der Waals surface area contributed by atoms with Crippen LogP contribution in [-0.2, 0) is 7.05 Å². The van der Waals surface area contributed by atoms with Crippen LogP contribution in [0.15, 0.2) is 53.5 Å². The van der Waals surface area contributed by atoms with E-state index in [1.54, 1.807) is 15.4 Å². The molecule has 3 heterocycles. The molecular weight excluding hydrogens is 352 g/mol. The van der Waals surface area contributed by atoms with Crippen LogP contribution in [0.3, 0.4) is 0 Å². The molecule has 0 saturated heterocycles. The fourth-order valence-electron chi connectivity index (χ4n) is 3.69. The van der Waals surface area contributed by atoms with E-state index in [1.807, 2.05) is 49.5 Å². The lowest BCUT2D eigenvalue weighted by Gasteiger charge is -2.27. The molecule has 1 atom stereocenters. The number of nitrogens with zero attached hydrogens (tertiary/aromatic N) is 3. The summed E-state index contributed by atoms with van der Waals surface area (Å²) in [5.41, 5.74) is 3.97. The number of rotatable bonds is 2. The summed E-state index contributed by atoms with van der Waals surface area (Å²) in [7, 11) is 1.83. The molecule has 0 amide bonds. The van der Waals surface area contributed by atoms with Crippen molar-refractivity contribution < 1.29 is 4.74 Å². The number of halogens is 1. The molecule has 0 bridgehead atoms. The minimum absolute atomic E-state index is 0.147. The second-order valence-corrected chi connectivity index (χ2v) is 6.75. The molecule has 0 fully saturated rings. The van der Waals surface area contributed by atoms with Gasteiger partial charge in [0, 0.05) is 12.6 Å². The van der Waals surface area contributed by atoms with Gasteiger partial charge >= 0.3 is 5.69 Å². The molecule has 2 aromatic heterocycles. The third kappa shape index (κ3) is 2.05. The number of imidazole rings is 1. The van der Waals surface area contributed by atoms with Gasteiger partial charge in [-0.2, -0.15) is 5.10 Å². The van der Waals surface area contributed by atoms with Crippen LogP contribution >= 0.6 is 11.6 Å². The Morgan fingerprint density at radius 1 is 1.23 bits per heavy atom. The van der Waals surface area contributed by atoms with Gasteiger partial charge in [-0.05, 0) is 17.7 Å². The largest absolute Gasteiger partial charge is 0.488 e. The van der Waals surface area contributed by atoms with Crippen molar-refractivity contribution in [3.63, 3.8) is 0 Å². The fourth-order valence-corrected chi connectivity index (χ4v) is 3.96. The van der Waals surface area contributed by atoms with E-state index in [4.69, 9.17) is 16.3 Å². The maximum absolute atomic E-state index is 12.7. The highest BCUT2D eigenvalue weighted by molar-refractivity contribution is 6.33. The molecule has 0 saturated carbocycles. The summed E-state index contributed by atoms with van der Waals surface area (Å²) < 4.78 is 9.65. The van der Waals surface area contributed by atoms with Gasteiger partial charge in [0.2, 0.25) is 0 Å². The van der Waals surface area contributed by atoms with Gasteiger partial charge in [0.15, 0.2) is 5.75 Å². The summed E-state index contributed by atoms with van der Waals surface area (Å²) in [4.78, 5) is 15.6. The highest BCUT2D eigenvalue weighted by Gasteiger charge is 2.29. The molecule has 2 aromatic carbocycles. The lowest BCUT2D eigenvalue weighted by molar-refractivity contribution is 0.257. The second-order valence-electron chi connectivity index (χ2n) is 6.34. The van der Waals surface area contributed by atoms with Crippen LogP contribution in [0.1, 0.15) is 11.6 Å². The number of nitrogens with one attached hydrogen (secondary N) is 1. The maximum Gasteiger partial charge on any atom is 0.327 e. The Morgan fingerprint density at radius 3 is 2.77 bits per heavy atom. The summed E-state index contributed by atoms with van der Waals surface area (Å²) in [6, 6.07) is 13.5. The summed E-state index contributed by atoms with van der Waals surface area (Å²) >= 11 is 6.33. The number of aromatic amines is 1. The van der Waals surface area contributed by atoms with Crippen molar-refractivity contribution in [1.29, 1.82) is 0 Å². The average molecular weight is 367 g/mol. The Bertz CT molecular complexity index is 1170. The monoisotopic (exact) mass is 366 g/mol. The van der Waals surface area contributed by atoms with Crippen molar-refractivity contribution in [2.24, 2.45) is 7.05 Å². The molecule has 1 unspecified atom stereocenters. The van der Waals surface area contributed by atoms with Crippen LogP contribution < -0.4 is 10.4 Å². The number of H-pyrrole nitrogens is 1. The van der Waals surface area contributed by atoms with Crippen LogP contribution in [0.2, 0.25) is 5.02 Å². The van der Waals surface area contributed by atoms with E-state index in [0.717, 1.165) is 27.9 Å². The molecule has 5 rings (SSSR count). The molecule has 1 aliphatic heterocycles. The van der Waals surface area contributed by atoms with Crippen molar-refractivity contribution in [2.75, 3.05) is 6.61 Å². The summed E-state index contributed by atoms with van der Waals surface area (Å²) in [5, 5.41) is 4.75. The Morgan fingerprint density at radius 2 is 2.04 bits per heavy atom. The number of benzene rings is 2. The molecule has 1 N–H and O–H groups in total. The topological polar surface area (TPSA) is 64.8 Å². The summed E-state index contributed by atoms with van der Waals surface area (Å²) in [5.74, 6) is 0.651. The average Bonchev–Trinajstić information content (AvgIpc) is 3.17. The smallest absolute Gasteiger partial charge is 0.327 e. The minimum Gasteiger partial charge on any atom is -0.488 e. The molecule has 1 aliphatic rings. The van der Waals surface area contributed by atoms with Gasteiger partial charge in [-0.1, -0.05) is 41.9 Å². The predicted octanol–water partition coefficient (Wildman–Crippen LogP) is 3.37. The highest BCUT2D eigenvalue weighted by Crippen LogP contribution is 2.42. The first-order valence-corrected chi connectivity index (χ1v) is 8.66. The number of aryl methyl sites for hydroxylation is 1. The molecule has 26 heavy (non-hydrogen) atoms. The first kappa shape index (κ1) is 15.3. The molecular formula is C19H15ClN4O2. The van der Waals surface area contributed by atoms with Crippen molar-refractivity contribution in [3.05, 3.63) is 69.7 Å². The normalized spacial score (nSPS) is 16.0. The van der Waals surface area contributed by atoms with Crippen LogP contribution in [0.4, 0.5) is 0 Å². The standard InChI is InChI=1S/C19H15ClN4O2/c1-23-16(13(20)9-21-23)12-7-8-14-17-18(12)26-10-15(24(17)19(25)22-14)11-5-3-2-4-6-11/h2-9,15H,10H2,1H3,(H,22,25). The van der Waals surface area contributed by atoms with Crippen molar-refractivity contribution in [1.82, 2.24) is 19.3 Å². The van der Waals surface area contributed by atoms with Gasteiger partial charge in [-0.25, -0.2) is 4.79 Å². The molecule has 0 radical (unpaired) electrons. The van der Waals surface area contributed by atoms with Gasteiger partial charge in [-0.15, -0.1) is 0 Å². The van der Waals surface area contributed by atoms with Crippen LogP contribution in [0.5, 0.6) is 5.75 Å². The SMILES string of the molecule is Cn1ncc(Cl)c1-c1ccc2[nH]c(=O)n3c2c1OCC3c1ccccc1. The van der Waals surface area contributed by atoms with E-state index in [0.29, 0.717) is 17.4 Å². The van der Waals surface area contributed by atoms with E-state index < -0.39 is 0 Å². The predicted molar refractivity (Wildman–Crippen MR) is 99.8 cm³/mol. The van der Waals surface area contributed by atoms with E-state index >= 15 is 0 Å². The zero-order chi connectivity index (χ0) is 17.8. The Labute approximate surface area is 153 Å². The van der Waals surface area contributed by atoms with Gasteiger partial charge in [-0.3, -0.25) is 9.25 Å². The summed E-state index contributed by atoms with van der Waals surface area (Å²) in [6.45, 7) is 0.371. The van der Waals surface area contributed by atoms with Gasteiger partial charge in [0.1, 0.15) is 12.1 Å². The van der Waals surface area contributed by atoms with E-state index in [1.165, 1.54) is 0 Å². The van der Waals surface area contributed by atoms with Crippen LogP contribution in [0.25, 0.3) is 22.3 Å². The Balaban J connectivity index is 1.81. The lowest BCUT2D eigenvalue weighted by atomic mass is 10.0. The number of ether oxygens (including phenoxy) is 1. The van der Waals surface area contributed by atoms with E-state index in [2.05, 4.69) is 10.1 Å². The molecule has 0 aliphatic carbocycles. The third-order valence-corrected chi connectivity index (χ3v) is 5.14. The molecule has 4 aromatic rings. The van der Waals surface area contributed by atoms with Crippen molar-refractivity contribution in [2.45, 2.75) is 6.04 Å². The summed E-state index contributed by atoms with van der Waals surface area (Å²) in [6.07, 6.45) is 1.60. The van der Waals surface area contributed by atoms with E-state index in [9.17, 15) is 4.79 Å². The van der Waals surface area contributed by atoms with E-state index in [-0.39, 0.29) is 11.7 Å². The van der Waals surface area contributed by atoms with Crippen molar-refractivity contribution >= 4 is 22.6 Å². The third-order valence-electron chi connectivity index (χ3n) is 4.86. The Kier molecular flexibility index (Phi) is 3.24.